The van der Waals surface area contributed by atoms with Gasteiger partial charge in [-0.25, -0.2) is 14.5 Å². The van der Waals surface area contributed by atoms with Crippen LogP contribution < -0.4 is 4.90 Å². The minimum atomic E-state index is -1.02. The number of aromatic carboxylic acids is 1. The SMILES string of the molecule is O=C(O)c1cnn(-c2nc(N3CCCC3)c3cc(Cc4ccccc4)ccc3n2)c1. The van der Waals surface area contributed by atoms with E-state index in [4.69, 9.17) is 4.98 Å². The summed E-state index contributed by atoms with van der Waals surface area (Å²) in [7, 11) is 0. The largest absolute Gasteiger partial charge is 0.478 e. The van der Waals surface area contributed by atoms with Crippen molar-refractivity contribution in [3.8, 4) is 5.95 Å². The summed E-state index contributed by atoms with van der Waals surface area (Å²) in [4.78, 5) is 23.0. The van der Waals surface area contributed by atoms with E-state index in [-0.39, 0.29) is 5.56 Å². The van der Waals surface area contributed by atoms with Gasteiger partial charge in [0.2, 0.25) is 0 Å². The van der Waals surface area contributed by atoms with Gasteiger partial charge in [-0.15, -0.1) is 0 Å². The lowest BCUT2D eigenvalue weighted by Gasteiger charge is -2.19. The van der Waals surface area contributed by atoms with Gasteiger partial charge in [0.1, 0.15) is 5.82 Å². The third-order valence-corrected chi connectivity index (χ3v) is 5.42. The summed E-state index contributed by atoms with van der Waals surface area (Å²) in [5, 5.41) is 14.4. The lowest BCUT2D eigenvalue weighted by molar-refractivity contribution is 0.0697. The average molecular weight is 399 g/mol. The van der Waals surface area contributed by atoms with Gasteiger partial charge in [-0.3, -0.25) is 0 Å². The van der Waals surface area contributed by atoms with Gasteiger partial charge in [0, 0.05) is 24.7 Å². The van der Waals surface area contributed by atoms with Gasteiger partial charge in [-0.2, -0.15) is 10.1 Å². The Kier molecular flexibility index (Phi) is 4.63. The average Bonchev–Trinajstić information content (AvgIpc) is 3.46. The third kappa shape index (κ3) is 3.50. The number of carboxylic acid groups (broad SMARTS) is 1. The predicted octanol–water partition coefficient (Wildman–Crippen LogP) is 3.70. The molecule has 1 aliphatic rings. The predicted molar refractivity (Wildman–Crippen MR) is 114 cm³/mol. The van der Waals surface area contributed by atoms with Gasteiger partial charge in [0.15, 0.2) is 0 Å². The number of carboxylic acids is 1. The fourth-order valence-corrected chi connectivity index (χ4v) is 3.90. The van der Waals surface area contributed by atoms with E-state index >= 15 is 0 Å². The second-order valence-corrected chi connectivity index (χ2v) is 7.53. The van der Waals surface area contributed by atoms with E-state index < -0.39 is 5.97 Å². The summed E-state index contributed by atoms with van der Waals surface area (Å²) in [6, 6.07) is 16.7. The fourth-order valence-electron chi connectivity index (χ4n) is 3.90. The van der Waals surface area contributed by atoms with Crippen LogP contribution in [-0.4, -0.2) is 43.9 Å². The van der Waals surface area contributed by atoms with Crippen molar-refractivity contribution in [1.29, 1.82) is 0 Å². The summed E-state index contributed by atoms with van der Waals surface area (Å²) in [5.41, 5.74) is 3.40. The van der Waals surface area contributed by atoms with Crippen LogP contribution >= 0.6 is 0 Å². The minimum Gasteiger partial charge on any atom is -0.478 e. The highest BCUT2D eigenvalue weighted by Crippen LogP contribution is 2.29. The molecule has 4 aromatic rings. The second kappa shape index (κ2) is 7.59. The number of anilines is 1. The van der Waals surface area contributed by atoms with E-state index in [1.54, 1.807) is 0 Å². The van der Waals surface area contributed by atoms with Crippen LogP contribution in [0.1, 0.15) is 34.3 Å². The molecule has 1 aliphatic heterocycles. The first-order valence-electron chi connectivity index (χ1n) is 10.1. The Bertz CT molecular complexity index is 1210. The maximum Gasteiger partial charge on any atom is 0.338 e. The second-order valence-electron chi connectivity index (χ2n) is 7.53. The molecule has 0 aliphatic carbocycles. The minimum absolute atomic E-state index is 0.111. The van der Waals surface area contributed by atoms with E-state index in [0.717, 1.165) is 49.1 Å². The molecule has 3 heterocycles. The van der Waals surface area contributed by atoms with Crippen molar-refractivity contribution in [2.75, 3.05) is 18.0 Å². The van der Waals surface area contributed by atoms with Crippen molar-refractivity contribution >= 4 is 22.7 Å². The molecule has 5 rings (SSSR count). The zero-order valence-corrected chi connectivity index (χ0v) is 16.4. The summed E-state index contributed by atoms with van der Waals surface area (Å²) in [6.07, 6.45) is 5.87. The van der Waals surface area contributed by atoms with E-state index in [2.05, 4.69) is 51.4 Å². The quantitative estimate of drug-likeness (QED) is 0.551. The van der Waals surface area contributed by atoms with E-state index in [1.165, 1.54) is 28.2 Å². The zero-order valence-electron chi connectivity index (χ0n) is 16.4. The molecule has 150 valence electrons. The lowest BCUT2D eigenvalue weighted by atomic mass is 10.0. The Balaban J connectivity index is 1.60. The van der Waals surface area contributed by atoms with Crippen LogP contribution in [0.2, 0.25) is 0 Å². The van der Waals surface area contributed by atoms with Gasteiger partial charge in [0.25, 0.3) is 5.95 Å². The van der Waals surface area contributed by atoms with Crippen LogP contribution in [0.5, 0.6) is 0 Å². The highest BCUT2D eigenvalue weighted by molar-refractivity contribution is 5.91. The van der Waals surface area contributed by atoms with E-state index in [0.29, 0.717) is 5.95 Å². The summed E-state index contributed by atoms with van der Waals surface area (Å²) >= 11 is 0. The van der Waals surface area contributed by atoms with Crippen molar-refractivity contribution < 1.29 is 9.90 Å². The number of carbonyl (C=O) groups is 1. The Labute approximate surface area is 173 Å². The molecule has 2 aromatic carbocycles. The Morgan fingerprint density at radius 3 is 2.53 bits per heavy atom. The summed E-state index contributed by atoms with van der Waals surface area (Å²) < 4.78 is 1.43. The molecule has 0 radical (unpaired) electrons. The molecule has 30 heavy (non-hydrogen) atoms. The first-order chi connectivity index (χ1) is 14.7. The molecular weight excluding hydrogens is 378 g/mol. The van der Waals surface area contributed by atoms with Crippen molar-refractivity contribution in [2.24, 2.45) is 0 Å². The molecule has 1 fully saturated rings. The van der Waals surface area contributed by atoms with Crippen LogP contribution in [0.4, 0.5) is 5.82 Å². The Hall–Kier alpha value is -3.74. The highest BCUT2D eigenvalue weighted by Gasteiger charge is 2.20. The zero-order chi connectivity index (χ0) is 20.5. The van der Waals surface area contributed by atoms with Crippen LogP contribution in [0.25, 0.3) is 16.9 Å². The maximum atomic E-state index is 11.2. The molecule has 0 amide bonds. The number of rotatable bonds is 5. The van der Waals surface area contributed by atoms with Gasteiger partial charge in [-0.05, 0) is 42.5 Å². The van der Waals surface area contributed by atoms with Gasteiger partial charge >= 0.3 is 5.97 Å². The summed E-state index contributed by atoms with van der Waals surface area (Å²) in [5.74, 6) is 0.245. The molecule has 7 heteroatoms. The first kappa shape index (κ1) is 18.3. The summed E-state index contributed by atoms with van der Waals surface area (Å²) in [6.45, 7) is 1.90. The molecule has 1 saturated heterocycles. The van der Waals surface area contributed by atoms with Crippen molar-refractivity contribution in [3.05, 3.63) is 77.6 Å². The van der Waals surface area contributed by atoms with Crippen molar-refractivity contribution in [3.63, 3.8) is 0 Å². The van der Waals surface area contributed by atoms with Gasteiger partial charge in [-0.1, -0.05) is 36.4 Å². The van der Waals surface area contributed by atoms with Crippen LogP contribution in [0, 0.1) is 0 Å². The standard InChI is InChI=1S/C23H21N5O2/c29-22(30)18-14-24-28(15-18)23-25-20-9-8-17(12-16-6-2-1-3-7-16)13-19(20)21(26-23)27-10-4-5-11-27/h1-3,6-9,13-15H,4-5,10-12H2,(H,29,30). The maximum absolute atomic E-state index is 11.2. The molecule has 2 aromatic heterocycles. The number of hydrogen-bond acceptors (Lipinski definition) is 5. The van der Waals surface area contributed by atoms with Gasteiger partial charge < -0.3 is 10.0 Å². The van der Waals surface area contributed by atoms with Crippen LogP contribution in [-0.2, 0) is 6.42 Å². The first-order valence-corrected chi connectivity index (χ1v) is 10.1. The lowest BCUT2D eigenvalue weighted by Crippen LogP contribution is -2.20. The molecule has 1 N–H and O–H groups in total. The number of aromatic nitrogens is 4. The molecule has 0 spiro atoms. The topological polar surface area (TPSA) is 84.1 Å². The smallest absolute Gasteiger partial charge is 0.338 e. The fraction of sp³-hybridized carbons (Fsp3) is 0.217. The number of fused-ring (bicyclic) bond motifs is 1. The molecule has 0 saturated carbocycles. The van der Waals surface area contributed by atoms with Crippen molar-refractivity contribution in [2.45, 2.75) is 19.3 Å². The van der Waals surface area contributed by atoms with Crippen LogP contribution in [0.3, 0.4) is 0 Å². The van der Waals surface area contributed by atoms with Crippen molar-refractivity contribution in [1.82, 2.24) is 19.7 Å². The highest BCUT2D eigenvalue weighted by atomic mass is 16.4. The van der Waals surface area contributed by atoms with E-state index in [9.17, 15) is 9.90 Å². The molecular formula is C23H21N5O2. The van der Waals surface area contributed by atoms with E-state index in [1.807, 2.05) is 12.1 Å². The number of benzene rings is 2. The van der Waals surface area contributed by atoms with Crippen LogP contribution in [0.15, 0.2) is 60.9 Å². The normalized spacial score (nSPS) is 13.8. The molecule has 7 nitrogen and oxygen atoms in total. The van der Waals surface area contributed by atoms with Gasteiger partial charge in [0.05, 0.1) is 17.3 Å². The Morgan fingerprint density at radius 1 is 1.00 bits per heavy atom. The Morgan fingerprint density at radius 2 is 1.80 bits per heavy atom. The molecule has 0 bridgehead atoms. The number of hydrogen-bond donors (Lipinski definition) is 1. The number of nitrogens with zero attached hydrogens (tertiary/aromatic N) is 5. The monoisotopic (exact) mass is 399 g/mol. The molecule has 0 unspecified atom stereocenters. The molecule has 0 atom stereocenters. The third-order valence-electron chi connectivity index (χ3n) is 5.42.